The molecule has 2 aliphatic rings. The molecule has 30 heavy (non-hydrogen) atoms. The van der Waals surface area contributed by atoms with Gasteiger partial charge in [0.2, 0.25) is 0 Å². The van der Waals surface area contributed by atoms with Crippen LogP contribution in [0, 0.1) is 5.82 Å². The Kier molecular flexibility index (Phi) is 6.62. The summed E-state index contributed by atoms with van der Waals surface area (Å²) in [5.41, 5.74) is 8.41. The van der Waals surface area contributed by atoms with Gasteiger partial charge in [-0.25, -0.2) is 15.2 Å². The number of nitrogens with zero attached hydrogens (tertiary/aromatic N) is 2. The Morgan fingerprint density at radius 2 is 1.87 bits per heavy atom. The largest absolute Gasteiger partial charge is 0.493 e. The topological polar surface area (TPSA) is 56.8 Å². The van der Waals surface area contributed by atoms with Gasteiger partial charge in [0, 0.05) is 32.2 Å². The molecule has 4 rings (SSSR count). The molecule has 0 aliphatic carbocycles. The molecule has 2 aromatic rings. The molecule has 1 amide bonds. The number of ether oxygens (including phenoxy) is 1. The molecule has 0 bridgehead atoms. The zero-order valence-corrected chi connectivity index (χ0v) is 17.3. The lowest BCUT2D eigenvalue weighted by molar-refractivity contribution is 0.0752. The fourth-order valence-electron chi connectivity index (χ4n) is 4.24. The van der Waals surface area contributed by atoms with Crippen molar-refractivity contribution in [1.29, 1.82) is 0 Å². The second kappa shape index (κ2) is 9.55. The van der Waals surface area contributed by atoms with Crippen LogP contribution in [0.2, 0.25) is 0 Å². The van der Waals surface area contributed by atoms with Gasteiger partial charge in [0.1, 0.15) is 11.6 Å². The van der Waals surface area contributed by atoms with E-state index in [2.05, 4.69) is 15.8 Å². The number of benzene rings is 2. The Bertz CT molecular complexity index is 861. The number of amides is 1. The summed E-state index contributed by atoms with van der Waals surface area (Å²) in [6.07, 6.45) is 2.00. The van der Waals surface area contributed by atoms with Gasteiger partial charge in [-0.05, 0) is 49.6 Å². The van der Waals surface area contributed by atoms with Gasteiger partial charge < -0.3 is 9.64 Å². The fourth-order valence-corrected chi connectivity index (χ4v) is 4.24. The van der Waals surface area contributed by atoms with E-state index in [1.165, 1.54) is 12.1 Å². The summed E-state index contributed by atoms with van der Waals surface area (Å²) < 4.78 is 18.8. The zero-order valence-electron chi connectivity index (χ0n) is 17.3. The van der Waals surface area contributed by atoms with Gasteiger partial charge in [-0.3, -0.25) is 9.69 Å². The van der Waals surface area contributed by atoms with Crippen LogP contribution in [0.5, 0.6) is 5.75 Å². The molecule has 2 atom stereocenters. The lowest BCUT2D eigenvalue weighted by Crippen LogP contribution is -2.46. The van der Waals surface area contributed by atoms with Crippen molar-refractivity contribution in [2.75, 3.05) is 32.8 Å². The lowest BCUT2D eigenvalue weighted by atomic mass is 10.0. The maximum absolute atomic E-state index is 13.2. The standard InChI is InChI=1S/C23H29FN4O2/c1-2-30-21-7-4-3-6-19(21)23(29)28-13-5-12-27(14-15-28)22-16-20(25-26-22)17-8-10-18(24)11-9-17/h3-4,6-11,20,22,25-26H,2,5,12-16H2,1H3. The van der Waals surface area contributed by atoms with E-state index in [1.807, 2.05) is 48.2 Å². The highest BCUT2D eigenvalue weighted by atomic mass is 19.1. The Hall–Kier alpha value is -2.48. The molecule has 6 nitrogen and oxygen atoms in total. The predicted octanol–water partition coefficient (Wildman–Crippen LogP) is 2.94. The molecule has 2 heterocycles. The summed E-state index contributed by atoms with van der Waals surface area (Å²) in [5, 5.41) is 0. The van der Waals surface area contributed by atoms with Crippen LogP contribution in [0.25, 0.3) is 0 Å². The number of hydrazine groups is 1. The normalized spacial score (nSPS) is 22.7. The molecule has 0 aromatic heterocycles. The van der Waals surface area contributed by atoms with Gasteiger partial charge in [0.25, 0.3) is 5.91 Å². The maximum atomic E-state index is 13.2. The van der Waals surface area contributed by atoms with E-state index in [4.69, 9.17) is 4.74 Å². The summed E-state index contributed by atoms with van der Waals surface area (Å²) >= 11 is 0. The Morgan fingerprint density at radius 3 is 2.67 bits per heavy atom. The number of hydrogen-bond donors (Lipinski definition) is 2. The second-order valence-electron chi connectivity index (χ2n) is 7.76. The van der Waals surface area contributed by atoms with Crippen LogP contribution in [-0.2, 0) is 0 Å². The van der Waals surface area contributed by atoms with Crippen LogP contribution < -0.4 is 15.6 Å². The Balaban J connectivity index is 1.36. The molecule has 160 valence electrons. The third kappa shape index (κ3) is 4.64. The third-order valence-electron chi connectivity index (χ3n) is 5.83. The number of hydrogen-bond acceptors (Lipinski definition) is 5. The van der Waals surface area contributed by atoms with Crippen molar-refractivity contribution in [3.63, 3.8) is 0 Å². The zero-order chi connectivity index (χ0) is 20.9. The van der Waals surface area contributed by atoms with Crippen molar-refractivity contribution in [2.45, 2.75) is 32.0 Å². The van der Waals surface area contributed by atoms with E-state index in [0.29, 0.717) is 24.5 Å². The SMILES string of the molecule is CCOc1ccccc1C(=O)N1CCCN(C2CC(c3ccc(F)cc3)NN2)CC1. The molecule has 2 fully saturated rings. The molecule has 2 aliphatic heterocycles. The predicted molar refractivity (Wildman–Crippen MR) is 114 cm³/mol. The van der Waals surface area contributed by atoms with Gasteiger partial charge in [0.15, 0.2) is 0 Å². The first-order chi connectivity index (χ1) is 14.7. The quantitative estimate of drug-likeness (QED) is 0.791. The highest BCUT2D eigenvalue weighted by Gasteiger charge is 2.31. The van der Waals surface area contributed by atoms with E-state index < -0.39 is 0 Å². The minimum absolute atomic E-state index is 0.0302. The van der Waals surface area contributed by atoms with Crippen LogP contribution in [0.15, 0.2) is 48.5 Å². The summed E-state index contributed by atoms with van der Waals surface area (Å²) in [5.74, 6) is 0.460. The van der Waals surface area contributed by atoms with Crippen LogP contribution in [0.4, 0.5) is 4.39 Å². The van der Waals surface area contributed by atoms with Crippen molar-refractivity contribution in [3.8, 4) is 5.75 Å². The first kappa shape index (κ1) is 20.8. The number of carbonyl (C=O) groups is 1. The lowest BCUT2D eigenvalue weighted by Gasteiger charge is -2.27. The molecular weight excluding hydrogens is 383 g/mol. The highest BCUT2D eigenvalue weighted by molar-refractivity contribution is 5.97. The molecule has 2 N–H and O–H groups in total. The second-order valence-corrected chi connectivity index (χ2v) is 7.76. The van der Waals surface area contributed by atoms with E-state index in [0.717, 1.165) is 38.0 Å². The molecule has 7 heteroatoms. The summed E-state index contributed by atoms with van der Waals surface area (Å²) in [4.78, 5) is 17.4. The van der Waals surface area contributed by atoms with Crippen LogP contribution >= 0.6 is 0 Å². The number of rotatable bonds is 5. The molecule has 0 radical (unpaired) electrons. The van der Waals surface area contributed by atoms with Crippen molar-refractivity contribution >= 4 is 5.91 Å². The number of carbonyl (C=O) groups excluding carboxylic acids is 1. The van der Waals surface area contributed by atoms with Gasteiger partial charge in [-0.1, -0.05) is 24.3 Å². The van der Waals surface area contributed by atoms with Crippen LogP contribution in [0.3, 0.4) is 0 Å². The minimum atomic E-state index is -0.218. The number of para-hydroxylation sites is 1. The summed E-state index contributed by atoms with van der Waals surface area (Å²) in [7, 11) is 0. The van der Waals surface area contributed by atoms with Crippen LogP contribution in [-0.4, -0.2) is 54.7 Å². The molecule has 0 spiro atoms. The average molecular weight is 413 g/mol. The summed E-state index contributed by atoms with van der Waals surface area (Å²) in [6.45, 7) is 5.60. The monoisotopic (exact) mass is 412 g/mol. The molecular formula is C23H29FN4O2. The van der Waals surface area contributed by atoms with Crippen molar-refractivity contribution < 1.29 is 13.9 Å². The minimum Gasteiger partial charge on any atom is -0.493 e. The van der Waals surface area contributed by atoms with E-state index in [-0.39, 0.29) is 23.9 Å². The molecule has 2 aromatic carbocycles. The molecule has 0 saturated carbocycles. The summed E-state index contributed by atoms with van der Waals surface area (Å²) in [6, 6.07) is 14.3. The van der Waals surface area contributed by atoms with Crippen molar-refractivity contribution in [3.05, 3.63) is 65.5 Å². The van der Waals surface area contributed by atoms with Gasteiger partial charge >= 0.3 is 0 Å². The van der Waals surface area contributed by atoms with Crippen molar-refractivity contribution in [2.24, 2.45) is 0 Å². The molecule has 2 unspecified atom stereocenters. The first-order valence-electron chi connectivity index (χ1n) is 10.7. The van der Waals surface area contributed by atoms with Crippen molar-refractivity contribution in [1.82, 2.24) is 20.7 Å². The third-order valence-corrected chi connectivity index (χ3v) is 5.83. The van der Waals surface area contributed by atoms with Gasteiger partial charge in [0.05, 0.1) is 18.3 Å². The van der Waals surface area contributed by atoms with E-state index >= 15 is 0 Å². The first-order valence-corrected chi connectivity index (χ1v) is 10.7. The molecule has 2 saturated heterocycles. The average Bonchev–Trinajstić information content (AvgIpc) is 3.12. The highest BCUT2D eigenvalue weighted by Crippen LogP contribution is 2.25. The smallest absolute Gasteiger partial charge is 0.257 e. The van der Waals surface area contributed by atoms with Gasteiger partial charge in [-0.15, -0.1) is 0 Å². The van der Waals surface area contributed by atoms with E-state index in [9.17, 15) is 9.18 Å². The number of nitrogens with one attached hydrogen (secondary N) is 2. The van der Waals surface area contributed by atoms with E-state index in [1.54, 1.807) is 0 Å². The Labute approximate surface area is 177 Å². The Morgan fingerprint density at radius 1 is 1.07 bits per heavy atom. The van der Waals surface area contributed by atoms with Gasteiger partial charge in [-0.2, -0.15) is 0 Å². The van der Waals surface area contributed by atoms with Crippen LogP contribution in [0.1, 0.15) is 41.7 Å². The number of halogens is 1. The fraction of sp³-hybridized carbons (Fsp3) is 0.435. The maximum Gasteiger partial charge on any atom is 0.257 e.